The number of aliphatic carboxylic acids is 1. The molecule has 0 aliphatic carbocycles. The molecule has 7 heteroatoms. The summed E-state index contributed by atoms with van der Waals surface area (Å²) in [5, 5.41) is 9.12. The topological polar surface area (TPSA) is 83.5 Å². The molecule has 0 amide bonds. The van der Waals surface area contributed by atoms with Crippen molar-refractivity contribution in [3.63, 3.8) is 0 Å². The van der Waals surface area contributed by atoms with Crippen LogP contribution in [-0.2, 0) is 14.8 Å². The maximum Gasteiger partial charge on any atom is 0.324 e. The Morgan fingerprint density at radius 2 is 2.00 bits per heavy atom. The first-order valence-corrected chi connectivity index (χ1v) is 7.23. The molecule has 19 heavy (non-hydrogen) atoms. The van der Waals surface area contributed by atoms with E-state index in [2.05, 4.69) is 4.72 Å². The average molecular weight is 289 g/mol. The molecule has 1 aromatic carbocycles. The molecule has 0 aliphatic heterocycles. The standard InChI is InChI=1S/C12H16FNO4S/c1-3-8-12(2,11(15)16)14-19(17,18)10-7-5-4-6-9(10)13/h4-7,14H,3,8H2,1-2H3,(H,15,16). The molecule has 1 unspecified atom stereocenters. The molecule has 0 saturated heterocycles. The fraction of sp³-hybridized carbons (Fsp3) is 0.417. The minimum absolute atomic E-state index is 0.107. The lowest BCUT2D eigenvalue weighted by molar-refractivity contribution is -0.143. The summed E-state index contributed by atoms with van der Waals surface area (Å²) >= 11 is 0. The number of hydrogen-bond donors (Lipinski definition) is 2. The first-order valence-electron chi connectivity index (χ1n) is 5.75. The van der Waals surface area contributed by atoms with Crippen LogP contribution in [0, 0.1) is 5.82 Å². The van der Waals surface area contributed by atoms with Gasteiger partial charge in [0.1, 0.15) is 16.3 Å². The van der Waals surface area contributed by atoms with E-state index in [1.807, 2.05) is 0 Å². The largest absolute Gasteiger partial charge is 0.480 e. The quantitative estimate of drug-likeness (QED) is 0.835. The van der Waals surface area contributed by atoms with Gasteiger partial charge in [-0.2, -0.15) is 4.72 Å². The Morgan fingerprint density at radius 3 is 2.47 bits per heavy atom. The van der Waals surface area contributed by atoms with E-state index in [1.165, 1.54) is 19.1 Å². The van der Waals surface area contributed by atoms with Crippen molar-refractivity contribution in [3.8, 4) is 0 Å². The predicted molar refractivity (Wildman–Crippen MR) is 67.7 cm³/mol. The number of nitrogens with one attached hydrogen (secondary N) is 1. The second kappa shape index (κ2) is 5.66. The average Bonchev–Trinajstić information content (AvgIpc) is 2.28. The summed E-state index contributed by atoms with van der Waals surface area (Å²) < 4.78 is 39.6. The predicted octanol–water partition coefficient (Wildman–Crippen LogP) is 1.75. The Morgan fingerprint density at radius 1 is 1.42 bits per heavy atom. The summed E-state index contributed by atoms with van der Waals surface area (Å²) in [5.74, 6) is -2.21. The van der Waals surface area contributed by atoms with Gasteiger partial charge in [0.25, 0.3) is 0 Å². The normalized spacial score (nSPS) is 14.9. The van der Waals surface area contributed by atoms with E-state index in [0.29, 0.717) is 6.42 Å². The molecular weight excluding hydrogens is 273 g/mol. The van der Waals surface area contributed by atoms with Crippen molar-refractivity contribution in [2.45, 2.75) is 37.1 Å². The van der Waals surface area contributed by atoms with E-state index in [9.17, 15) is 17.6 Å². The molecule has 0 heterocycles. The Bertz CT molecular complexity index is 573. The Kier molecular flexibility index (Phi) is 4.65. The highest BCUT2D eigenvalue weighted by Crippen LogP contribution is 2.19. The number of hydrogen-bond acceptors (Lipinski definition) is 3. The highest BCUT2D eigenvalue weighted by Gasteiger charge is 2.37. The van der Waals surface area contributed by atoms with E-state index < -0.39 is 32.2 Å². The van der Waals surface area contributed by atoms with Gasteiger partial charge in [-0.15, -0.1) is 0 Å². The third kappa shape index (κ3) is 3.51. The summed E-state index contributed by atoms with van der Waals surface area (Å²) in [4.78, 5) is 10.6. The molecule has 0 fully saturated rings. The Labute approximate surface area is 111 Å². The van der Waals surface area contributed by atoms with Crippen molar-refractivity contribution in [3.05, 3.63) is 30.1 Å². The van der Waals surface area contributed by atoms with Crippen LogP contribution in [0.5, 0.6) is 0 Å². The zero-order valence-corrected chi connectivity index (χ0v) is 11.5. The summed E-state index contributed by atoms with van der Waals surface area (Å²) in [6.07, 6.45) is 0.582. The van der Waals surface area contributed by atoms with Gasteiger partial charge < -0.3 is 5.11 Å². The van der Waals surface area contributed by atoms with Gasteiger partial charge in [-0.25, -0.2) is 12.8 Å². The van der Waals surface area contributed by atoms with Gasteiger partial charge in [0.05, 0.1) is 0 Å². The fourth-order valence-electron chi connectivity index (χ4n) is 1.72. The molecular formula is C12H16FNO4S. The molecule has 0 bridgehead atoms. The maximum atomic E-state index is 13.5. The smallest absolute Gasteiger partial charge is 0.324 e. The van der Waals surface area contributed by atoms with Crippen LogP contribution < -0.4 is 4.72 Å². The highest BCUT2D eigenvalue weighted by atomic mass is 32.2. The third-order valence-electron chi connectivity index (χ3n) is 2.71. The number of rotatable bonds is 6. The van der Waals surface area contributed by atoms with Crippen molar-refractivity contribution in [1.29, 1.82) is 0 Å². The van der Waals surface area contributed by atoms with Crippen molar-refractivity contribution >= 4 is 16.0 Å². The van der Waals surface area contributed by atoms with Crippen LogP contribution >= 0.6 is 0 Å². The minimum atomic E-state index is -4.22. The van der Waals surface area contributed by atoms with Crippen LogP contribution in [0.25, 0.3) is 0 Å². The van der Waals surface area contributed by atoms with Crippen LogP contribution in [-0.4, -0.2) is 25.0 Å². The summed E-state index contributed by atoms with van der Waals surface area (Å²) in [5.41, 5.74) is -1.66. The van der Waals surface area contributed by atoms with Gasteiger partial charge in [0, 0.05) is 0 Å². The van der Waals surface area contributed by atoms with Crippen LogP contribution in [0.3, 0.4) is 0 Å². The van der Waals surface area contributed by atoms with Crippen LogP contribution in [0.15, 0.2) is 29.2 Å². The number of carbonyl (C=O) groups is 1. The van der Waals surface area contributed by atoms with Crippen LogP contribution in [0.2, 0.25) is 0 Å². The van der Waals surface area contributed by atoms with Crippen LogP contribution in [0.4, 0.5) is 4.39 Å². The van der Waals surface area contributed by atoms with E-state index in [4.69, 9.17) is 5.11 Å². The molecule has 0 spiro atoms. The van der Waals surface area contributed by atoms with Crippen molar-refractivity contribution < 1.29 is 22.7 Å². The minimum Gasteiger partial charge on any atom is -0.480 e. The molecule has 0 aliphatic rings. The van der Waals surface area contributed by atoms with Gasteiger partial charge in [-0.1, -0.05) is 25.5 Å². The zero-order chi connectivity index (χ0) is 14.7. The highest BCUT2D eigenvalue weighted by molar-refractivity contribution is 7.89. The Hall–Kier alpha value is -1.47. The fourth-order valence-corrected chi connectivity index (χ4v) is 3.19. The lowest BCUT2D eigenvalue weighted by atomic mass is 9.98. The lowest BCUT2D eigenvalue weighted by Crippen LogP contribution is -2.52. The monoisotopic (exact) mass is 289 g/mol. The molecule has 1 atom stereocenters. The molecule has 5 nitrogen and oxygen atoms in total. The van der Waals surface area contributed by atoms with Gasteiger partial charge in [-0.3, -0.25) is 4.79 Å². The number of benzene rings is 1. The SMILES string of the molecule is CCCC(C)(NS(=O)(=O)c1ccccc1F)C(=O)O. The van der Waals surface area contributed by atoms with Crippen LogP contribution in [0.1, 0.15) is 26.7 Å². The lowest BCUT2D eigenvalue weighted by Gasteiger charge is -2.25. The second-order valence-corrected chi connectivity index (χ2v) is 6.07. The molecule has 0 aromatic heterocycles. The van der Waals surface area contributed by atoms with E-state index in [-0.39, 0.29) is 6.42 Å². The molecule has 0 radical (unpaired) electrons. The van der Waals surface area contributed by atoms with Gasteiger partial charge in [-0.05, 0) is 25.5 Å². The summed E-state index contributed by atoms with van der Waals surface area (Å²) in [7, 11) is -4.22. The number of carboxylic acid groups (broad SMARTS) is 1. The maximum absolute atomic E-state index is 13.5. The number of sulfonamides is 1. The van der Waals surface area contributed by atoms with Gasteiger partial charge in [0.2, 0.25) is 10.0 Å². The van der Waals surface area contributed by atoms with E-state index in [1.54, 1.807) is 6.92 Å². The molecule has 2 N–H and O–H groups in total. The first kappa shape index (κ1) is 15.6. The third-order valence-corrected chi connectivity index (χ3v) is 4.34. The van der Waals surface area contributed by atoms with Crippen molar-refractivity contribution in [2.24, 2.45) is 0 Å². The van der Waals surface area contributed by atoms with Crippen molar-refractivity contribution in [1.82, 2.24) is 4.72 Å². The number of halogens is 1. The molecule has 106 valence electrons. The van der Waals surface area contributed by atoms with E-state index >= 15 is 0 Å². The summed E-state index contributed by atoms with van der Waals surface area (Å²) in [6.45, 7) is 3.00. The van der Waals surface area contributed by atoms with E-state index in [0.717, 1.165) is 12.1 Å². The molecule has 1 aromatic rings. The first-order chi connectivity index (χ1) is 8.73. The Balaban J connectivity index is 3.16. The number of carboxylic acids is 1. The second-order valence-electron chi connectivity index (χ2n) is 4.42. The van der Waals surface area contributed by atoms with Crippen molar-refractivity contribution in [2.75, 3.05) is 0 Å². The molecule has 1 rings (SSSR count). The van der Waals surface area contributed by atoms with Gasteiger partial charge in [0.15, 0.2) is 0 Å². The molecule has 0 saturated carbocycles. The summed E-state index contributed by atoms with van der Waals surface area (Å²) in [6, 6.07) is 4.82. The zero-order valence-electron chi connectivity index (χ0n) is 10.7. The van der Waals surface area contributed by atoms with Gasteiger partial charge >= 0.3 is 5.97 Å².